The van der Waals surface area contributed by atoms with Gasteiger partial charge >= 0.3 is 18.3 Å². The lowest BCUT2D eigenvalue weighted by Crippen LogP contribution is -2.41. The number of hydrogen-bond donors (Lipinski definition) is 0. The Bertz CT molecular complexity index is 965. The summed E-state index contributed by atoms with van der Waals surface area (Å²) in [5.74, 6) is -1.52. The first-order chi connectivity index (χ1) is 15.3. The van der Waals surface area contributed by atoms with Gasteiger partial charge in [0.05, 0.1) is 12.2 Å². The van der Waals surface area contributed by atoms with Gasteiger partial charge in [-0.1, -0.05) is 11.6 Å². The fourth-order valence-corrected chi connectivity index (χ4v) is 2.96. The van der Waals surface area contributed by atoms with Crippen molar-refractivity contribution in [3.63, 3.8) is 0 Å². The average molecular weight is 498 g/mol. The Morgan fingerprint density at radius 2 is 1.94 bits per heavy atom. The van der Waals surface area contributed by atoms with E-state index in [4.69, 9.17) is 16.3 Å². The van der Waals surface area contributed by atoms with Crippen molar-refractivity contribution in [1.29, 1.82) is 0 Å². The Hall–Kier alpha value is -3.22. The molecule has 14 heteroatoms. The number of rotatable bonds is 8. The summed E-state index contributed by atoms with van der Waals surface area (Å²) in [6.07, 6.45) is -8.77. The molecule has 1 aromatic carbocycles. The molecule has 1 aliphatic heterocycles. The third kappa shape index (κ3) is 6.88. The molecule has 10 nitrogen and oxygen atoms in total. The third-order valence-corrected chi connectivity index (χ3v) is 5.01. The second-order valence-electron chi connectivity index (χ2n) is 6.90. The van der Waals surface area contributed by atoms with Crippen molar-refractivity contribution in [3.05, 3.63) is 43.5 Å². The van der Waals surface area contributed by atoms with Gasteiger partial charge in [0.15, 0.2) is 0 Å². The summed E-state index contributed by atoms with van der Waals surface area (Å²) in [5.41, 5.74) is 0.234. The van der Waals surface area contributed by atoms with E-state index in [9.17, 15) is 32.9 Å². The molecule has 0 bridgehead atoms. The molecule has 0 radical (unpaired) electrons. The molecule has 0 aromatic heterocycles. The largest absolute Gasteiger partial charge is 0.511 e. The van der Waals surface area contributed by atoms with Crippen LogP contribution in [0.5, 0.6) is 5.75 Å². The molecule has 0 amide bonds. The van der Waals surface area contributed by atoms with E-state index in [0.29, 0.717) is 16.1 Å². The highest BCUT2D eigenvalue weighted by Crippen LogP contribution is 2.41. The minimum absolute atomic E-state index is 0.0336. The zero-order valence-electron chi connectivity index (χ0n) is 17.6. The van der Waals surface area contributed by atoms with Gasteiger partial charge in [0.25, 0.3) is 5.09 Å². The van der Waals surface area contributed by atoms with Crippen molar-refractivity contribution in [3.8, 4) is 5.75 Å². The molecule has 1 aromatic rings. The summed E-state index contributed by atoms with van der Waals surface area (Å²) < 4.78 is 59.2. The molecule has 0 spiro atoms. The van der Waals surface area contributed by atoms with E-state index in [-0.39, 0.29) is 24.3 Å². The van der Waals surface area contributed by atoms with Crippen LogP contribution in [0, 0.1) is 24.0 Å². The van der Waals surface area contributed by atoms with Gasteiger partial charge in [-0.25, -0.2) is 9.59 Å². The Balaban J connectivity index is 2.01. The minimum atomic E-state index is -4.94. The summed E-state index contributed by atoms with van der Waals surface area (Å²) in [4.78, 5) is 38.1. The van der Waals surface area contributed by atoms with Crippen LogP contribution in [-0.4, -0.2) is 49.0 Å². The summed E-state index contributed by atoms with van der Waals surface area (Å²) in [5, 5.41) is 9.45. The van der Waals surface area contributed by atoms with Crippen molar-refractivity contribution in [2.75, 3.05) is 13.4 Å². The van der Waals surface area contributed by atoms with Crippen LogP contribution in [0.3, 0.4) is 0 Å². The van der Waals surface area contributed by atoms with E-state index in [2.05, 4.69) is 19.0 Å². The molecule has 1 heterocycles. The van der Waals surface area contributed by atoms with E-state index >= 15 is 0 Å². The Labute approximate surface area is 190 Å². The molecule has 0 N–H and O–H groups in total. The van der Waals surface area contributed by atoms with Crippen molar-refractivity contribution < 1.29 is 51.6 Å². The molecular weight excluding hydrogens is 479 g/mol. The second-order valence-corrected chi connectivity index (χ2v) is 7.28. The fourth-order valence-electron chi connectivity index (χ4n) is 2.81. The quantitative estimate of drug-likeness (QED) is 0.224. The van der Waals surface area contributed by atoms with E-state index in [0.717, 1.165) is 6.08 Å². The number of esters is 1. The van der Waals surface area contributed by atoms with Crippen molar-refractivity contribution in [2.24, 2.45) is 0 Å². The summed E-state index contributed by atoms with van der Waals surface area (Å²) in [6.45, 7) is 3.17. The number of benzene rings is 1. The molecule has 0 aliphatic carbocycles. The fraction of sp³-hybridized carbons (Fsp3) is 0.474. The highest BCUT2D eigenvalue weighted by atomic mass is 35.5. The number of alkyl halides is 3. The van der Waals surface area contributed by atoms with Gasteiger partial charge in [-0.05, 0) is 44.0 Å². The number of ether oxygens (including phenoxy) is 4. The number of halogens is 4. The second kappa shape index (κ2) is 10.6. The molecule has 2 rings (SSSR count). The minimum Gasteiger partial charge on any atom is -0.475 e. The van der Waals surface area contributed by atoms with Crippen LogP contribution in [0.4, 0.5) is 18.0 Å². The lowest BCUT2D eigenvalue weighted by atomic mass is 9.96. The van der Waals surface area contributed by atoms with Gasteiger partial charge in [-0.2, -0.15) is 13.2 Å². The lowest BCUT2D eigenvalue weighted by molar-refractivity contribution is -0.767. The molecule has 0 fully saturated rings. The Kier molecular flexibility index (Phi) is 8.36. The summed E-state index contributed by atoms with van der Waals surface area (Å²) >= 11 is 6.14. The smallest absolute Gasteiger partial charge is 0.475 e. The zero-order valence-corrected chi connectivity index (χ0v) is 18.3. The number of carbonyl (C=O) groups excluding carboxylic acids is 2. The molecule has 182 valence electrons. The van der Waals surface area contributed by atoms with E-state index in [1.807, 2.05) is 0 Å². The Morgan fingerprint density at radius 1 is 1.27 bits per heavy atom. The van der Waals surface area contributed by atoms with Gasteiger partial charge in [-0.15, -0.1) is 10.1 Å². The predicted molar refractivity (Wildman–Crippen MR) is 105 cm³/mol. The SMILES string of the molecule is Cc1cc2c(c(C)c1Cl)C=C(C(=O)OCOC(=O)OCC[C@H](C)O[N+](=O)[O-])[C@@H](C(F)(F)F)O2. The zero-order chi connectivity index (χ0) is 24.9. The standard InChI is InChI=1S/C19H19ClF3NO9/c1-9-6-14-12(11(3)15(9)20)7-13(16(32-14)19(21,22)23)17(25)30-8-31-18(26)29-5-4-10(2)33-24(27)28/h6-7,10,16H,4-5,8H2,1-3H3/t10-,16-/m0/s1. The number of carbonyl (C=O) groups is 2. The van der Waals surface area contributed by atoms with Crippen LogP contribution in [0.1, 0.15) is 30.0 Å². The Morgan fingerprint density at radius 3 is 2.55 bits per heavy atom. The molecule has 0 saturated carbocycles. The topological polar surface area (TPSA) is 123 Å². The van der Waals surface area contributed by atoms with Crippen LogP contribution in [0.25, 0.3) is 6.08 Å². The monoisotopic (exact) mass is 497 g/mol. The number of hydrogen-bond acceptors (Lipinski definition) is 9. The van der Waals surface area contributed by atoms with Crippen molar-refractivity contribution >= 4 is 29.8 Å². The average Bonchev–Trinajstić information content (AvgIpc) is 2.70. The van der Waals surface area contributed by atoms with Gasteiger partial charge in [-0.3, -0.25) is 0 Å². The first-order valence-corrected chi connectivity index (χ1v) is 9.71. The van der Waals surface area contributed by atoms with Gasteiger partial charge in [0, 0.05) is 17.0 Å². The lowest BCUT2D eigenvalue weighted by Gasteiger charge is -2.29. The first kappa shape index (κ1) is 26.0. The van der Waals surface area contributed by atoms with Crippen molar-refractivity contribution in [1.82, 2.24) is 0 Å². The van der Waals surface area contributed by atoms with E-state index in [1.165, 1.54) is 13.0 Å². The van der Waals surface area contributed by atoms with Gasteiger partial charge in [0.1, 0.15) is 11.9 Å². The van der Waals surface area contributed by atoms with Gasteiger partial charge in [0.2, 0.25) is 12.9 Å². The van der Waals surface area contributed by atoms with Crippen LogP contribution in [-0.2, 0) is 23.8 Å². The van der Waals surface area contributed by atoms with Crippen LogP contribution in [0.15, 0.2) is 11.6 Å². The first-order valence-electron chi connectivity index (χ1n) is 9.33. The highest BCUT2D eigenvalue weighted by Gasteiger charge is 2.49. The number of nitrogens with zero attached hydrogens (tertiary/aromatic N) is 1. The molecular formula is C19H19ClF3NO9. The normalized spacial score (nSPS) is 16.0. The molecule has 0 saturated heterocycles. The maximum atomic E-state index is 13.5. The molecule has 0 unspecified atom stereocenters. The van der Waals surface area contributed by atoms with E-state index in [1.54, 1.807) is 13.8 Å². The van der Waals surface area contributed by atoms with Crippen LogP contribution < -0.4 is 4.74 Å². The maximum absolute atomic E-state index is 13.5. The molecule has 2 atom stereocenters. The molecule has 33 heavy (non-hydrogen) atoms. The van der Waals surface area contributed by atoms with Crippen molar-refractivity contribution in [2.45, 2.75) is 45.6 Å². The maximum Gasteiger partial charge on any atom is 0.511 e. The number of fused-ring (bicyclic) bond motifs is 1. The summed E-state index contributed by atoms with van der Waals surface area (Å²) in [6, 6.07) is 1.33. The van der Waals surface area contributed by atoms with E-state index < -0.39 is 48.0 Å². The molecule has 1 aliphatic rings. The van der Waals surface area contributed by atoms with Crippen LogP contribution in [0.2, 0.25) is 5.02 Å². The highest BCUT2D eigenvalue weighted by molar-refractivity contribution is 6.32. The van der Waals surface area contributed by atoms with Gasteiger partial charge < -0.3 is 23.8 Å². The number of aryl methyl sites for hydroxylation is 1. The van der Waals surface area contributed by atoms with Crippen LogP contribution >= 0.6 is 11.6 Å². The summed E-state index contributed by atoms with van der Waals surface area (Å²) in [7, 11) is 0. The predicted octanol–water partition coefficient (Wildman–Crippen LogP) is 4.30. The third-order valence-electron chi connectivity index (χ3n) is 4.43.